The van der Waals surface area contributed by atoms with E-state index in [1.54, 1.807) is 6.08 Å². The molecule has 0 bridgehead atoms. The fourth-order valence-corrected chi connectivity index (χ4v) is 2.69. The summed E-state index contributed by atoms with van der Waals surface area (Å²) in [6, 6.07) is -1.57. The van der Waals surface area contributed by atoms with Gasteiger partial charge in [-0.1, -0.05) is 0 Å². The molecule has 0 N–H and O–H groups in total. The molecule has 1 atom stereocenters. The van der Waals surface area contributed by atoms with Gasteiger partial charge in [-0.15, -0.1) is 0 Å². The molecule has 1 unspecified atom stereocenters. The molecule has 6 heteroatoms. The van der Waals surface area contributed by atoms with Gasteiger partial charge in [0.1, 0.15) is 0 Å². The molecule has 1 aliphatic rings. The van der Waals surface area contributed by atoms with Crippen molar-refractivity contribution in [3.8, 4) is 0 Å². The summed E-state index contributed by atoms with van der Waals surface area (Å²) in [5.74, 6) is 0. The van der Waals surface area contributed by atoms with Gasteiger partial charge in [-0.2, -0.15) is 0 Å². The third-order valence-corrected chi connectivity index (χ3v) is 6.32. The first-order chi connectivity index (χ1) is 7.14. The van der Waals surface area contributed by atoms with Crippen LogP contribution in [0.2, 0.25) is 0 Å². The molecule has 0 aromatic heterocycles. The van der Waals surface area contributed by atoms with Crippen LogP contribution in [-0.2, 0) is 0 Å². The van der Waals surface area contributed by atoms with E-state index >= 15 is 0 Å². The Bertz CT molecular complexity index is 321. The SMILES string of the molecule is CC1=NN(C(C)C(F)(F)F)C=CC[PH]1(C)C. The summed E-state index contributed by atoms with van der Waals surface area (Å²) in [7, 11) is -1.64. The number of halogens is 3. The van der Waals surface area contributed by atoms with Gasteiger partial charge in [0.05, 0.1) is 0 Å². The van der Waals surface area contributed by atoms with E-state index in [0.717, 1.165) is 23.5 Å². The number of hydrogen-bond acceptors (Lipinski definition) is 2. The zero-order chi connectivity index (χ0) is 12.6. The van der Waals surface area contributed by atoms with Crippen LogP contribution in [0.25, 0.3) is 0 Å². The molecule has 0 amide bonds. The van der Waals surface area contributed by atoms with Crippen molar-refractivity contribution in [2.24, 2.45) is 5.10 Å². The monoisotopic (exact) mass is 254 g/mol. The van der Waals surface area contributed by atoms with Crippen molar-refractivity contribution in [2.45, 2.75) is 26.1 Å². The Hall–Kier alpha value is -0.570. The molecule has 1 aliphatic heterocycles. The van der Waals surface area contributed by atoms with Gasteiger partial charge in [-0.3, -0.25) is 0 Å². The van der Waals surface area contributed by atoms with Crippen LogP contribution in [0.15, 0.2) is 17.4 Å². The van der Waals surface area contributed by atoms with E-state index in [-0.39, 0.29) is 0 Å². The summed E-state index contributed by atoms with van der Waals surface area (Å²) in [4.78, 5) is 0. The second-order valence-corrected chi connectivity index (χ2v) is 9.66. The molecule has 0 aromatic carbocycles. The Morgan fingerprint density at radius 2 is 2.00 bits per heavy atom. The Labute approximate surface area is 94.5 Å². The van der Waals surface area contributed by atoms with E-state index in [2.05, 4.69) is 18.4 Å². The molecule has 94 valence electrons. The van der Waals surface area contributed by atoms with Crippen LogP contribution < -0.4 is 0 Å². The number of nitrogens with zero attached hydrogens (tertiary/aromatic N) is 2. The van der Waals surface area contributed by atoms with E-state index in [9.17, 15) is 13.2 Å². The van der Waals surface area contributed by atoms with Crippen LogP contribution in [0.5, 0.6) is 0 Å². The Balaban J connectivity index is 2.96. The van der Waals surface area contributed by atoms with Gasteiger partial charge in [0.15, 0.2) is 0 Å². The van der Waals surface area contributed by atoms with Crippen molar-refractivity contribution < 1.29 is 13.2 Å². The maximum absolute atomic E-state index is 12.6. The summed E-state index contributed by atoms with van der Waals surface area (Å²) in [6.07, 6.45) is -0.161. The van der Waals surface area contributed by atoms with Gasteiger partial charge >= 0.3 is 93.8 Å². The zero-order valence-corrected chi connectivity index (χ0v) is 11.0. The predicted molar refractivity (Wildman–Crippen MR) is 64.6 cm³/mol. The van der Waals surface area contributed by atoms with Crippen molar-refractivity contribution in [1.29, 1.82) is 0 Å². The molecule has 0 saturated heterocycles. The number of alkyl halides is 3. The van der Waals surface area contributed by atoms with Gasteiger partial charge in [0.2, 0.25) is 0 Å². The molecular formula is C10H18F3N2P. The van der Waals surface area contributed by atoms with Crippen molar-refractivity contribution in [2.75, 3.05) is 19.5 Å². The second kappa shape index (κ2) is 4.36. The Kier molecular flexibility index (Phi) is 3.68. The predicted octanol–water partition coefficient (Wildman–Crippen LogP) is 3.11. The van der Waals surface area contributed by atoms with Gasteiger partial charge in [-0.25, -0.2) is 0 Å². The first-order valence-corrected chi connectivity index (χ1v) is 8.43. The molecule has 0 aromatic rings. The number of rotatable bonds is 1. The molecule has 16 heavy (non-hydrogen) atoms. The summed E-state index contributed by atoms with van der Waals surface area (Å²) in [5, 5.41) is 5.12. The normalized spacial score (nSPS) is 24.7. The molecule has 1 heterocycles. The third-order valence-electron chi connectivity index (χ3n) is 3.00. The summed E-state index contributed by atoms with van der Waals surface area (Å²) >= 11 is 0. The van der Waals surface area contributed by atoms with E-state index in [1.165, 1.54) is 6.20 Å². The van der Waals surface area contributed by atoms with Crippen molar-refractivity contribution in [3.63, 3.8) is 0 Å². The summed E-state index contributed by atoms with van der Waals surface area (Å²) in [6.45, 7) is 7.17. The van der Waals surface area contributed by atoms with Crippen LogP contribution >= 0.6 is 7.26 Å². The molecular weight excluding hydrogens is 236 g/mol. The minimum atomic E-state index is -4.25. The first kappa shape index (κ1) is 13.5. The van der Waals surface area contributed by atoms with Crippen molar-refractivity contribution in [3.05, 3.63) is 12.3 Å². The standard InChI is InChI=1S/C10H18F3N2P/c1-8(10(11,12)13)15-6-5-7-16(3,4)9(2)14-15/h5-6,8,16H,7H2,1-4H3. The quantitative estimate of drug-likeness (QED) is 0.656. The van der Waals surface area contributed by atoms with Crippen LogP contribution in [-0.4, -0.2) is 42.2 Å². The van der Waals surface area contributed by atoms with Crippen LogP contribution in [0.1, 0.15) is 13.8 Å². The van der Waals surface area contributed by atoms with E-state index < -0.39 is 19.5 Å². The molecule has 0 saturated carbocycles. The van der Waals surface area contributed by atoms with Crippen molar-refractivity contribution in [1.82, 2.24) is 5.01 Å². The fourth-order valence-electron chi connectivity index (χ4n) is 1.31. The molecule has 0 radical (unpaired) electrons. The van der Waals surface area contributed by atoms with E-state index in [0.29, 0.717) is 0 Å². The van der Waals surface area contributed by atoms with Crippen LogP contribution in [0.4, 0.5) is 13.2 Å². The van der Waals surface area contributed by atoms with E-state index in [4.69, 9.17) is 0 Å². The molecule has 2 nitrogen and oxygen atoms in total. The zero-order valence-electron chi connectivity index (χ0n) is 9.97. The maximum atomic E-state index is 12.6. The van der Waals surface area contributed by atoms with E-state index in [1.807, 2.05) is 6.92 Å². The Morgan fingerprint density at radius 3 is 2.50 bits per heavy atom. The minimum absolute atomic E-state index is 0.837. The van der Waals surface area contributed by atoms with Crippen molar-refractivity contribution >= 4 is 12.7 Å². The van der Waals surface area contributed by atoms with Gasteiger partial charge in [0.25, 0.3) is 0 Å². The van der Waals surface area contributed by atoms with Gasteiger partial charge in [0, 0.05) is 0 Å². The average molecular weight is 254 g/mol. The molecule has 0 fully saturated rings. The van der Waals surface area contributed by atoms with Gasteiger partial charge < -0.3 is 0 Å². The Morgan fingerprint density at radius 1 is 1.44 bits per heavy atom. The second-order valence-electron chi connectivity index (χ2n) is 4.76. The fraction of sp³-hybridized carbons (Fsp3) is 0.700. The first-order valence-electron chi connectivity index (χ1n) is 5.22. The molecule has 0 aliphatic carbocycles. The van der Waals surface area contributed by atoms with Gasteiger partial charge in [-0.05, 0) is 0 Å². The number of hydrogen-bond donors (Lipinski definition) is 0. The third kappa shape index (κ3) is 2.97. The molecule has 0 spiro atoms. The average Bonchev–Trinajstić information content (AvgIpc) is 2.24. The van der Waals surface area contributed by atoms with Crippen LogP contribution in [0, 0.1) is 0 Å². The van der Waals surface area contributed by atoms with Crippen LogP contribution in [0.3, 0.4) is 0 Å². The summed E-state index contributed by atoms with van der Waals surface area (Å²) in [5.41, 5.74) is 0.855. The number of allylic oxidation sites excluding steroid dienone is 1. The molecule has 1 rings (SSSR count). The number of hydrazone groups is 1. The summed E-state index contributed by atoms with van der Waals surface area (Å²) < 4.78 is 37.7. The topological polar surface area (TPSA) is 15.6 Å².